The van der Waals surface area contributed by atoms with Crippen LogP contribution in [0.3, 0.4) is 0 Å². The molecule has 0 saturated heterocycles. The Morgan fingerprint density at radius 2 is 1.15 bits per heavy atom. The molecule has 192 valence electrons. The standard InChI is InChI=1S/C27H54O3Si3/c1-10-12-13-14-15-16-17-18-25(11-2)32(8,9)27-21-19-26(20-22-27)31(6,7)23-24-33(28-3,29-4)30-5/h19-22,25H,10-18,23-24H2,1-9H3. The van der Waals surface area contributed by atoms with Crippen LogP contribution in [0.15, 0.2) is 24.3 Å². The maximum Gasteiger partial charge on any atom is 0.499 e. The molecule has 3 nitrogen and oxygen atoms in total. The highest BCUT2D eigenvalue weighted by atomic mass is 28.4. The van der Waals surface area contributed by atoms with Gasteiger partial charge in [0.15, 0.2) is 0 Å². The van der Waals surface area contributed by atoms with Crippen LogP contribution in [0.25, 0.3) is 0 Å². The van der Waals surface area contributed by atoms with Gasteiger partial charge in [-0.25, -0.2) is 0 Å². The summed E-state index contributed by atoms with van der Waals surface area (Å²) in [6, 6.07) is 11.8. The van der Waals surface area contributed by atoms with Gasteiger partial charge < -0.3 is 13.3 Å². The molecule has 0 aliphatic heterocycles. The predicted molar refractivity (Wildman–Crippen MR) is 154 cm³/mol. The first-order valence-corrected chi connectivity index (χ1v) is 21.6. The summed E-state index contributed by atoms with van der Waals surface area (Å²) in [6.45, 7) is 14.8. The average molecular weight is 511 g/mol. The topological polar surface area (TPSA) is 27.7 Å². The number of unbranched alkanes of at least 4 members (excludes halogenated alkanes) is 6. The lowest BCUT2D eigenvalue weighted by Gasteiger charge is -2.34. The summed E-state index contributed by atoms with van der Waals surface area (Å²) < 4.78 is 17.0. The Kier molecular flexibility index (Phi) is 14.0. The highest BCUT2D eigenvalue weighted by Crippen LogP contribution is 2.31. The highest BCUT2D eigenvalue weighted by Gasteiger charge is 2.40. The van der Waals surface area contributed by atoms with Gasteiger partial charge >= 0.3 is 8.80 Å². The minimum Gasteiger partial charge on any atom is -0.377 e. The quantitative estimate of drug-likeness (QED) is 0.153. The number of benzene rings is 1. The van der Waals surface area contributed by atoms with E-state index in [1.165, 1.54) is 63.0 Å². The summed E-state index contributed by atoms with van der Waals surface area (Å²) in [6.07, 6.45) is 12.6. The van der Waals surface area contributed by atoms with Gasteiger partial charge in [0.2, 0.25) is 0 Å². The zero-order valence-corrected chi connectivity index (χ0v) is 26.4. The molecule has 1 aromatic carbocycles. The van der Waals surface area contributed by atoms with Crippen molar-refractivity contribution in [1.82, 2.24) is 0 Å². The Morgan fingerprint density at radius 1 is 0.667 bits per heavy atom. The summed E-state index contributed by atoms with van der Waals surface area (Å²) in [4.78, 5) is 0. The molecule has 0 aliphatic carbocycles. The smallest absolute Gasteiger partial charge is 0.377 e. The Morgan fingerprint density at radius 3 is 1.64 bits per heavy atom. The molecule has 0 heterocycles. The van der Waals surface area contributed by atoms with Crippen molar-refractivity contribution in [3.63, 3.8) is 0 Å². The zero-order chi connectivity index (χ0) is 25.0. The van der Waals surface area contributed by atoms with Crippen LogP contribution in [-0.4, -0.2) is 46.3 Å². The molecule has 1 unspecified atom stereocenters. The molecule has 33 heavy (non-hydrogen) atoms. The lowest BCUT2D eigenvalue weighted by Crippen LogP contribution is -2.49. The summed E-state index contributed by atoms with van der Waals surface area (Å²) >= 11 is 0. The molecule has 6 heteroatoms. The summed E-state index contributed by atoms with van der Waals surface area (Å²) in [5.41, 5.74) is 0.876. The Labute approximate surface area is 209 Å². The van der Waals surface area contributed by atoms with Gasteiger partial charge in [0.1, 0.15) is 0 Å². The third-order valence-corrected chi connectivity index (χ3v) is 19.3. The van der Waals surface area contributed by atoms with Crippen molar-refractivity contribution >= 4 is 35.3 Å². The SMILES string of the molecule is CCCCCCCCCC(CC)[Si](C)(C)c1ccc([Si](C)(C)CC[Si](OC)(OC)OC)cc1. The minimum atomic E-state index is -2.51. The average Bonchev–Trinajstić information content (AvgIpc) is 2.82. The lowest BCUT2D eigenvalue weighted by atomic mass is 10.1. The highest BCUT2D eigenvalue weighted by molar-refractivity contribution is 6.92. The van der Waals surface area contributed by atoms with E-state index >= 15 is 0 Å². The Hall–Kier alpha value is -0.249. The molecule has 1 aromatic rings. The lowest BCUT2D eigenvalue weighted by molar-refractivity contribution is 0.125. The van der Waals surface area contributed by atoms with E-state index in [0.717, 1.165) is 17.6 Å². The van der Waals surface area contributed by atoms with Crippen molar-refractivity contribution in [2.24, 2.45) is 0 Å². The van der Waals surface area contributed by atoms with Crippen molar-refractivity contribution in [3.8, 4) is 0 Å². The van der Waals surface area contributed by atoms with Gasteiger partial charge in [0.25, 0.3) is 0 Å². The van der Waals surface area contributed by atoms with Crippen LogP contribution in [0.2, 0.25) is 43.8 Å². The van der Waals surface area contributed by atoms with Gasteiger partial charge in [-0.1, -0.05) is 132 Å². The fraction of sp³-hybridized carbons (Fsp3) is 0.778. The van der Waals surface area contributed by atoms with Gasteiger partial charge in [0, 0.05) is 27.4 Å². The molecular formula is C27H54O3Si3. The molecule has 0 bridgehead atoms. The van der Waals surface area contributed by atoms with Gasteiger partial charge in [-0.2, -0.15) is 0 Å². The first kappa shape index (κ1) is 30.8. The first-order chi connectivity index (χ1) is 15.6. The minimum absolute atomic E-state index is 0.876. The maximum absolute atomic E-state index is 5.66. The fourth-order valence-electron chi connectivity index (χ4n) is 5.18. The second-order valence-corrected chi connectivity index (χ2v) is 23.8. The van der Waals surface area contributed by atoms with E-state index in [1.807, 2.05) is 0 Å². The second-order valence-electron chi connectivity index (χ2n) is 11.0. The molecule has 0 amide bonds. The monoisotopic (exact) mass is 510 g/mol. The third-order valence-electron chi connectivity index (χ3n) is 8.07. The van der Waals surface area contributed by atoms with Crippen LogP contribution in [0.4, 0.5) is 0 Å². The number of hydrogen-bond donors (Lipinski definition) is 0. The summed E-state index contributed by atoms with van der Waals surface area (Å²) in [5.74, 6) is 0. The molecule has 0 fully saturated rings. The molecule has 1 atom stereocenters. The third kappa shape index (κ3) is 9.37. The zero-order valence-electron chi connectivity index (χ0n) is 23.4. The maximum atomic E-state index is 5.66. The van der Waals surface area contributed by atoms with Crippen LogP contribution in [0.5, 0.6) is 0 Å². The van der Waals surface area contributed by atoms with E-state index in [2.05, 4.69) is 64.3 Å². The van der Waals surface area contributed by atoms with E-state index in [9.17, 15) is 0 Å². The molecule has 0 radical (unpaired) electrons. The largest absolute Gasteiger partial charge is 0.499 e. The van der Waals surface area contributed by atoms with E-state index in [1.54, 1.807) is 26.5 Å². The van der Waals surface area contributed by atoms with E-state index in [4.69, 9.17) is 13.3 Å². The van der Waals surface area contributed by atoms with Crippen molar-refractivity contribution in [3.05, 3.63) is 24.3 Å². The van der Waals surface area contributed by atoms with Crippen molar-refractivity contribution in [1.29, 1.82) is 0 Å². The Balaban J connectivity index is 2.75. The molecular weight excluding hydrogens is 457 g/mol. The second kappa shape index (κ2) is 15.0. The van der Waals surface area contributed by atoms with Crippen molar-refractivity contribution in [2.45, 2.75) is 115 Å². The van der Waals surface area contributed by atoms with E-state index in [0.29, 0.717) is 0 Å². The molecule has 0 saturated carbocycles. The van der Waals surface area contributed by atoms with Crippen molar-refractivity contribution in [2.75, 3.05) is 21.3 Å². The fourth-order valence-corrected chi connectivity index (χ4v) is 14.8. The summed E-state index contributed by atoms with van der Waals surface area (Å²) in [5, 5.41) is 3.16. The van der Waals surface area contributed by atoms with Crippen molar-refractivity contribution < 1.29 is 13.3 Å². The molecule has 0 spiro atoms. The number of hydrogen-bond acceptors (Lipinski definition) is 3. The molecule has 0 aromatic heterocycles. The van der Waals surface area contributed by atoms with Gasteiger partial charge in [-0.05, 0) is 11.6 Å². The van der Waals surface area contributed by atoms with Crippen LogP contribution in [0.1, 0.15) is 71.6 Å². The van der Waals surface area contributed by atoms with Crippen LogP contribution >= 0.6 is 0 Å². The predicted octanol–water partition coefficient (Wildman–Crippen LogP) is 7.32. The van der Waals surface area contributed by atoms with E-state index < -0.39 is 25.0 Å². The molecule has 0 N–H and O–H groups in total. The van der Waals surface area contributed by atoms with Crippen LogP contribution < -0.4 is 10.4 Å². The summed E-state index contributed by atoms with van der Waals surface area (Å²) in [7, 11) is -0.423. The first-order valence-electron chi connectivity index (χ1n) is 13.4. The Bertz CT molecular complexity index is 634. The van der Waals surface area contributed by atoms with Gasteiger partial charge in [0.05, 0.1) is 16.1 Å². The number of rotatable bonds is 18. The van der Waals surface area contributed by atoms with Crippen LogP contribution in [0, 0.1) is 0 Å². The molecule has 0 aliphatic rings. The normalized spacial score (nSPS) is 14.0. The van der Waals surface area contributed by atoms with Gasteiger partial charge in [-0.15, -0.1) is 0 Å². The van der Waals surface area contributed by atoms with E-state index in [-0.39, 0.29) is 0 Å². The van der Waals surface area contributed by atoms with Crippen LogP contribution in [-0.2, 0) is 13.3 Å². The van der Waals surface area contributed by atoms with Gasteiger partial charge in [-0.3, -0.25) is 0 Å². The molecule has 1 rings (SSSR count).